The van der Waals surface area contributed by atoms with Crippen LogP contribution in [0.2, 0.25) is 0 Å². The van der Waals surface area contributed by atoms with E-state index in [2.05, 4.69) is 20.6 Å². The fourth-order valence-electron chi connectivity index (χ4n) is 3.59. The summed E-state index contributed by atoms with van der Waals surface area (Å²) in [6.45, 7) is 6.57. The van der Waals surface area contributed by atoms with E-state index in [1.54, 1.807) is 12.4 Å². The predicted octanol–water partition coefficient (Wildman–Crippen LogP) is 4.31. The molecule has 0 bridgehead atoms. The molecule has 0 saturated carbocycles. The number of methoxy groups -OCH3 is 1. The van der Waals surface area contributed by atoms with Gasteiger partial charge in [-0.25, -0.2) is 9.78 Å². The average Bonchev–Trinajstić information content (AvgIpc) is 3.30. The van der Waals surface area contributed by atoms with Gasteiger partial charge in [-0.15, -0.1) is 0 Å². The van der Waals surface area contributed by atoms with Crippen molar-refractivity contribution < 1.29 is 14.3 Å². The predicted molar refractivity (Wildman–Crippen MR) is 125 cm³/mol. The Morgan fingerprint density at radius 3 is 2.56 bits per heavy atom. The maximum absolute atomic E-state index is 13.3. The summed E-state index contributed by atoms with van der Waals surface area (Å²) >= 11 is 0. The number of hydrogen-bond donors (Lipinski definition) is 3. The molecule has 3 rings (SSSR count). The van der Waals surface area contributed by atoms with Crippen LogP contribution in [-0.4, -0.2) is 35.0 Å². The number of rotatable bonds is 9. The van der Waals surface area contributed by atoms with Gasteiger partial charge in [-0.3, -0.25) is 4.79 Å². The van der Waals surface area contributed by atoms with E-state index in [1.807, 2.05) is 63.4 Å². The van der Waals surface area contributed by atoms with Crippen LogP contribution in [0.25, 0.3) is 11.1 Å². The Morgan fingerprint density at radius 2 is 1.91 bits per heavy atom. The zero-order valence-electron chi connectivity index (χ0n) is 18.9. The first-order valence-corrected chi connectivity index (χ1v) is 10.7. The summed E-state index contributed by atoms with van der Waals surface area (Å²) < 4.78 is 4.90. The van der Waals surface area contributed by atoms with Crippen LogP contribution < -0.4 is 10.6 Å². The van der Waals surface area contributed by atoms with Crippen molar-refractivity contribution in [3.63, 3.8) is 0 Å². The van der Waals surface area contributed by atoms with E-state index in [4.69, 9.17) is 4.74 Å². The molecule has 1 amide bonds. The highest BCUT2D eigenvalue weighted by molar-refractivity contribution is 6.03. The molecule has 7 nitrogen and oxygen atoms in total. The fourth-order valence-corrected chi connectivity index (χ4v) is 3.59. The highest BCUT2D eigenvalue weighted by atomic mass is 16.5. The minimum Gasteiger partial charge on any atom is -0.467 e. The number of H-pyrrole nitrogens is 1. The maximum atomic E-state index is 13.3. The topological polar surface area (TPSA) is 96.1 Å². The number of aryl methyl sites for hydroxylation is 1. The van der Waals surface area contributed by atoms with Crippen molar-refractivity contribution in [3.8, 4) is 11.1 Å². The summed E-state index contributed by atoms with van der Waals surface area (Å²) in [6.07, 6.45) is 3.97. The lowest BCUT2D eigenvalue weighted by Crippen LogP contribution is -2.42. The number of hydrogen-bond acceptors (Lipinski definition) is 5. The number of nitrogens with one attached hydrogen (secondary N) is 3. The van der Waals surface area contributed by atoms with E-state index in [0.29, 0.717) is 18.5 Å². The molecule has 0 saturated heterocycles. The number of imidazole rings is 1. The van der Waals surface area contributed by atoms with E-state index >= 15 is 0 Å². The number of anilines is 1. The van der Waals surface area contributed by atoms with Crippen molar-refractivity contribution in [1.29, 1.82) is 0 Å². The summed E-state index contributed by atoms with van der Waals surface area (Å²) in [5.74, 6) is -0.524. The van der Waals surface area contributed by atoms with Crippen LogP contribution in [0.1, 0.15) is 41.9 Å². The number of amides is 1. The van der Waals surface area contributed by atoms with E-state index in [-0.39, 0.29) is 11.8 Å². The monoisotopic (exact) mass is 434 g/mol. The molecule has 0 aliphatic heterocycles. The SMILES string of the molecule is COC(=O)C(CC(C)C)NC(=O)c1ccc(NCc2c[nH]cn2)cc1-c1ccccc1C. The van der Waals surface area contributed by atoms with Crippen molar-refractivity contribution in [3.05, 3.63) is 71.8 Å². The summed E-state index contributed by atoms with van der Waals surface area (Å²) in [7, 11) is 1.33. The average molecular weight is 435 g/mol. The van der Waals surface area contributed by atoms with Gasteiger partial charge in [0, 0.05) is 17.4 Å². The minimum atomic E-state index is -0.699. The number of nitrogens with zero attached hydrogens (tertiary/aromatic N) is 1. The van der Waals surface area contributed by atoms with Crippen LogP contribution in [0.5, 0.6) is 0 Å². The lowest BCUT2D eigenvalue weighted by Gasteiger charge is -2.20. The van der Waals surface area contributed by atoms with Crippen LogP contribution in [0.3, 0.4) is 0 Å². The van der Waals surface area contributed by atoms with Crippen molar-refractivity contribution in [1.82, 2.24) is 15.3 Å². The van der Waals surface area contributed by atoms with Crippen LogP contribution in [0, 0.1) is 12.8 Å². The van der Waals surface area contributed by atoms with Gasteiger partial charge in [0.1, 0.15) is 6.04 Å². The quantitative estimate of drug-likeness (QED) is 0.436. The number of aromatic amines is 1. The molecule has 32 heavy (non-hydrogen) atoms. The molecule has 1 atom stereocenters. The normalized spacial score (nSPS) is 11.8. The number of benzene rings is 2. The van der Waals surface area contributed by atoms with Crippen LogP contribution in [0.15, 0.2) is 55.0 Å². The van der Waals surface area contributed by atoms with Crippen molar-refractivity contribution in [2.24, 2.45) is 5.92 Å². The molecule has 3 N–H and O–H groups in total. The first kappa shape index (κ1) is 23.1. The second-order valence-corrected chi connectivity index (χ2v) is 8.17. The highest BCUT2D eigenvalue weighted by Crippen LogP contribution is 2.30. The van der Waals surface area contributed by atoms with Crippen molar-refractivity contribution in [2.75, 3.05) is 12.4 Å². The first-order valence-electron chi connectivity index (χ1n) is 10.7. The number of carbonyl (C=O) groups is 2. The third kappa shape index (κ3) is 5.75. The van der Waals surface area contributed by atoms with Crippen LogP contribution >= 0.6 is 0 Å². The van der Waals surface area contributed by atoms with Gasteiger partial charge in [0.2, 0.25) is 0 Å². The molecule has 0 aliphatic rings. The largest absolute Gasteiger partial charge is 0.467 e. The Balaban J connectivity index is 1.93. The molecular formula is C25H30N4O3. The van der Waals surface area contributed by atoms with Gasteiger partial charge in [-0.1, -0.05) is 38.1 Å². The fraction of sp³-hybridized carbons (Fsp3) is 0.320. The third-order valence-electron chi connectivity index (χ3n) is 5.23. The van der Waals surface area contributed by atoms with Crippen molar-refractivity contribution in [2.45, 2.75) is 39.8 Å². The first-order chi connectivity index (χ1) is 15.4. The second kappa shape index (κ2) is 10.6. The molecule has 2 aromatic carbocycles. The summed E-state index contributed by atoms with van der Waals surface area (Å²) in [6, 6.07) is 12.8. The van der Waals surface area contributed by atoms with E-state index in [0.717, 1.165) is 28.1 Å². The van der Waals surface area contributed by atoms with Gasteiger partial charge >= 0.3 is 5.97 Å². The molecule has 1 heterocycles. The molecule has 3 aromatic rings. The second-order valence-electron chi connectivity index (χ2n) is 8.17. The smallest absolute Gasteiger partial charge is 0.328 e. The lowest BCUT2D eigenvalue weighted by molar-refractivity contribution is -0.143. The Labute approximate surface area is 188 Å². The molecule has 7 heteroatoms. The molecule has 168 valence electrons. The van der Waals surface area contributed by atoms with Gasteiger partial charge in [0.25, 0.3) is 5.91 Å². The Bertz CT molecular complexity index is 1060. The van der Waals surface area contributed by atoms with Gasteiger partial charge in [0.05, 0.1) is 25.7 Å². The summed E-state index contributed by atoms with van der Waals surface area (Å²) in [5, 5.41) is 6.22. The molecule has 0 spiro atoms. The molecule has 0 aliphatic carbocycles. The van der Waals surface area contributed by atoms with Gasteiger partial charge < -0.3 is 20.4 Å². The number of carbonyl (C=O) groups excluding carboxylic acids is 2. The molecule has 1 unspecified atom stereocenters. The molecule has 1 aromatic heterocycles. The maximum Gasteiger partial charge on any atom is 0.328 e. The van der Waals surface area contributed by atoms with Crippen LogP contribution in [-0.2, 0) is 16.1 Å². The third-order valence-corrected chi connectivity index (χ3v) is 5.23. The molecule has 0 fully saturated rings. The number of aromatic nitrogens is 2. The number of ether oxygens (including phenoxy) is 1. The zero-order chi connectivity index (χ0) is 23.1. The van der Waals surface area contributed by atoms with Gasteiger partial charge in [-0.05, 0) is 54.2 Å². The van der Waals surface area contributed by atoms with Gasteiger partial charge in [0.15, 0.2) is 0 Å². The summed E-state index contributed by atoms with van der Waals surface area (Å²) in [5.41, 5.74) is 5.06. The Morgan fingerprint density at radius 1 is 1.12 bits per heavy atom. The Kier molecular flexibility index (Phi) is 7.65. The zero-order valence-corrected chi connectivity index (χ0v) is 18.9. The van der Waals surface area contributed by atoms with E-state index in [1.165, 1.54) is 7.11 Å². The molecule has 0 radical (unpaired) electrons. The van der Waals surface area contributed by atoms with E-state index < -0.39 is 12.0 Å². The number of esters is 1. The van der Waals surface area contributed by atoms with Crippen LogP contribution in [0.4, 0.5) is 5.69 Å². The highest BCUT2D eigenvalue weighted by Gasteiger charge is 2.25. The van der Waals surface area contributed by atoms with Crippen molar-refractivity contribution >= 4 is 17.6 Å². The molecular weight excluding hydrogens is 404 g/mol. The Hall–Kier alpha value is -3.61. The van der Waals surface area contributed by atoms with E-state index in [9.17, 15) is 9.59 Å². The lowest BCUT2D eigenvalue weighted by atomic mass is 9.94. The minimum absolute atomic E-state index is 0.226. The summed E-state index contributed by atoms with van der Waals surface area (Å²) in [4.78, 5) is 32.6. The standard InChI is InChI=1S/C25H30N4O3/c1-16(2)11-23(25(31)32-4)29-24(30)21-10-9-18(27-14-19-13-26-15-28-19)12-22(21)20-8-6-5-7-17(20)3/h5-10,12-13,15-16,23,27H,11,14H2,1-4H3,(H,26,28)(H,29,30). The van der Waals surface area contributed by atoms with Gasteiger partial charge in [-0.2, -0.15) is 0 Å².